The summed E-state index contributed by atoms with van der Waals surface area (Å²) in [7, 11) is 1.59. The summed E-state index contributed by atoms with van der Waals surface area (Å²) in [6, 6.07) is 21.7. The van der Waals surface area contributed by atoms with Gasteiger partial charge in [0.1, 0.15) is 12.4 Å². The highest BCUT2D eigenvalue weighted by Crippen LogP contribution is 2.40. The van der Waals surface area contributed by atoms with Crippen LogP contribution in [0.5, 0.6) is 11.5 Å². The van der Waals surface area contributed by atoms with Gasteiger partial charge >= 0.3 is 0 Å². The number of hydrogen-bond acceptors (Lipinski definition) is 5. The highest BCUT2D eigenvalue weighted by molar-refractivity contribution is 8.18. The number of amides is 1. The number of aliphatic imine (C=N–C) groups is 1. The van der Waals surface area contributed by atoms with Crippen LogP contribution in [0.25, 0.3) is 6.08 Å². The maximum atomic E-state index is 13.7. The van der Waals surface area contributed by atoms with E-state index in [2.05, 4.69) is 6.92 Å². The van der Waals surface area contributed by atoms with E-state index in [9.17, 15) is 9.18 Å². The van der Waals surface area contributed by atoms with E-state index in [-0.39, 0.29) is 17.8 Å². The second-order valence-electron chi connectivity index (χ2n) is 9.67. The molecule has 38 heavy (non-hydrogen) atoms. The number of para-hydroxylation sites is 1. The molecule has 1 saturated carbocycles. The topological polar surface area (TPSA) is 51.1 Å². The number of carbonyl (C=O) groups is 1. The first kappa shape index (κ1) is 26.0. The molecule has 1 aliphatic carbocycles. The Labute approximate surface area is 227 Å². The highest BCUT2D eigenvalue weighted by Gasteiger charge is 2.41. The molecule has 2 aliphatic rings. The molecule has 0 spiro atoms. The van der Waals surface area contributed by atoms with Crippen molar-refractivity contribution < 1.29 is 18.7 Å². The van der Waals surface area contributed by atoms with Gasteiger partial charge in [0.15, 0.2) is 16.7 Å². The molecular formula is C31H31FN2O3S. The fourth-order valence-corrected chi connectivity index (χ4v) is 5.98. The van der Waals surface area contributed by atoms with Crippen LogP contribution in [-0.2, 0) is 11.4 Å². The lowest BCUT2D eigenvalue weighted by molar-refractivity contribution is -0.124. The zero-order chi connectivity index (χ0) is 26.5. The molecule has 2 atom stereocenters. The quantitative estimate of drug-likeness (QED) is 0.295. The molecule has 7 heteroatoms. The minimum absolute atomic E-state index is 0.000894. The fourth-order valence-electron chi connectivity index (χ4n) is 4.94. The first-order valence-electron chi connectivity index (χ1n) is 12.9. The predicted molar refractivity (Wildman–Crippen MR) is 151 cm³/mol. The van der Waals surface area contributed by atoms with Crippen LogP contribution in [0.1, 0.15) is 43.7 Å². The third-order valence-electron chi connectivity index (χ3n) is 7.01. The number of thioether (sulfide) groups is 1. The zero-order valence-corrected chi connectivity index (χ0v) is 22.4. The number of rotatable bonds is 7. The van der Waals surface area contributed by atoms with Crippen LogP contribution in [0.2, 0.25) is 0 Å². The molecule has 5 rings (SSSR count). The molecule has 3 aromatic carbocycles. The molecule has 3 aromatic rings. The molecule has 196 valence electrons. The molecule has 1 amide bonds. The standard InChI is InChI=1S/C31H31FN2O3S/c1-21-8-6-7-11-26(21)34-30(35)29(38-31(34)33-25-9-4-3-5-10-25)19-23-14-17-27(28(18-23)36-2)37-20-22-12-15-24(32)16-13-22/h3-5,9-10,12-19,21,26H,6-8,11,20H2,1-2H3/b29-19-,33-31?/t21-,26-/m1/s1. The molecule has 2 fully saturated rings. The van der Waals surface area contributed by atoms with Gasteiger partial charge in [-0.15, -0.1) is 0 Å². The van der Waals surface area contributed by atoms with E-state index in [1.54, 1.807) is 19.2 Å². The van der Waals surface area contributed by atoms with Crippen LogP contribution >= 0.6 is 11.8 Å². The predicted octanol–water partition coefficient (Wildman–Crippen LogP) is 7.60. The van der Waals surface area contributed by atoms with Gasteiger partial charge in [-0.25, -0.2) is 9.38 Å². The highest BCUT2D eigenvalue weighted by atomic mass is 32.2. The van der Waals surface area contributed by atoms with Crippen molar-refractivity contribution in [3.05, 3.63) is 94.6 Å². The number of hydrogen-bond donors (Lipinski definition) is 0. The Morgan fingerprint density at radius 3 is 2.53 bits per heavy atom. The largest absolute Gasteiger partial charge is 0.493 e. The number of methoxy groups -OCH3 is 1. The Kier molecular flexibility index (Phi) is 8.13. The van der Waals surface area contributed by atoms with E-state index in [0.717, 1.165) is 41.2 Å². The van der Waals surface area contributed by atoms with Crippen molar-refractivity contribution >= 4 is 34.6 Å². The van der Waals surface area contributed by atoms with E-state index < -0.39 is 0 Å². The number of halogens is 1. The summed E-state index contributed by atoms with van der Waals surface area (Å²) >= 11 is 1.42. The lowest BCUT2D eigenvalue weighted by Crippen LogP contribution is -2.44. The van der Waals surface area contributed by atoms with Gasteiger partial charge in [0, 0.05) is 6.04 Å². The summed E-state index contributed by atoms with van der Waals surface area (Å²) < 4.78 is 24.7. The van der Waals surface area contributed by atoms with Gasteiger partial charge in [0.05, 0.1) is 17.7 Å². The number of ether oxygens (including phenoxy) is 2. The third-order valence-corrected chi connectivity index (χ3v) is 7.99. The smallest absolute Gasteiger partial charge is 0.267 e. The number of nitrogens with zero attached hydrogens (tertiary/aromatic N) is 2. The van der Waals surface area contributed by atoms with Gasteiger partial charge in [-0.1, -0.05) is 56.2 Å². The van der Waals surface area contributed by atoms with Crippen molar-refractivity contribution in [3.63, 3.8) is 0 Å². The maximum Gasteiger partial charge on any atom is 0.267 e. The molecule has 0 N–H and O–H groups in total. The molecule has 0 unspecified atom stereocenters. The van der Waals surface area contributed by atoms with E-state index in [1.165, 1.54) is 30.3 Å². The van der Waals surface area contributed by atoms with E-state index in [4.69, 9.17) is 14.5 Å². The van der Waals surface area contributed by atoms with Crippen molar-refractivity contribution in [1.82, 2.24) is 4.90 Å². The van der Waals surface area contributed by atoms with E-state index >= 15 is 0 Å². The maximum absolute atomic E-state index is 13.7. The van der Waals surface area contributed by atoms with Crippen LogP contribution in [0.4, 0.5) is 10.1 Å². The molecule has 1 saturated heterocycles. The molecule has 0 aromatic heterocycles. The van der Waals surface area contributed by atoms with Gasteiger partial charge in [-0.3, -0.25) is 9.69 Å². The lowest BCUT2D eigenvalue weighted by atomic mass is 9.85. The first-order chi connectivity index (χ1) is 18.5. The Balaban J connectivity index is 1.40. The van der Waals surface area contributed by atoms with Gasteiger partial charge in [0.25, 0.3) is 5.91 Å². The summed E-state index contributed by atoms with van der Waals surface area (Å²) in [6.07, 6.45) is 6.33. The van der Waals surface area contributed by atoms with Gasteiger partial charge in [0.2, 0.25) is 0 Å². The Bertz CT molecular complexity index is 1340. The summed E-state index contributed by atoms with van der Waals surface area (Å²) in [4.78, 5) is 21.2. The molecule has 1 aliphatic heterocycles. The van der Waals surface area contributed by atoms with E-state index in [0.29, 0.717) is 28.9 Å². The molecule has 0 bridgehead atoms. The fraction of sp³-hybridized carbons (Fsp3) is 0.290. The van der Waals surface area contributed by atoms with Crippen molar-refractivity contribution in [2.45, 2.75) is 45.3 Å². The lowest BCUT2D eigenvalue weighted by Gasteiger charge is -2.35. The zero-order valence-electron chi connectivity index (χ0n) is 21.6. The normalized spacial score (nSPS) is 21.8. The van der Waals surface area contributed by atoms with Crippen LogP contribution < -0.4 is 9.47 Å². The number of amidine groups is 1. The third kappa shape index (κ3) is 5.94. The van der Waals surface area contributed by atoms with Crippen LogP contribution in [0.3, 0.4) is 0 Å². The Morgan fingerprint density at radius 2 is 1.79 bits per heavy atom. The second-order valence-corrected chi connectivity index (χ2v) is 10.7. The van der Waals surface area contributed by atoms with Crippen molar-refractivity contribution in [3.8, 4) is 11.5 Å². The molecule has 5 nitrogen and oxygen atoms in total. The summed E-state index contributed by atoms with van der Waals surface area (Å²) in [5, 5.41) is 0.734. The van der Waals surface area contributed by atoms with Crippen molar-refractivity contribution in [2.75, 3.05) is 7.11 Å². The van der Waals surface area contributed by atoms with E-state index in [1.807, 2.05) is 59.5 Å². The monoisotopic (exact) mass is 530 g/mol. The van der Waals surface area contributed by atoms with Gasteiger partial charge in [-0.05, 0) is 84.1 Å². The second kappa shape index (κ2) is 11.9. The van der Waals surface area contributed by atoms with Crippen LogP contribution in [0, 0.1) is 11.7 Å². The Morgan fingerprint density at radius 1 is 1.03 bits per heavy atom. The first-order valence-corrected chi connectivity index (χ1v) is 13.8. The average molecular weight is 531 g/mol. The minimum atomic E-state index is -0.281. The molecule has 1 heterocycles. The molecular weight excluding hydrogens is 499 g/mol. The summed E-state index contributed by atoms with van der Waals surface area (Å²) in [6.45, 7) is 2.53. The van der Waals surface area contributed by atoms with Crippen LogP contribution in [0.15, 0.2) is 82.7 Å². The average Bonchev–Trinajstić information content (AvgIpc) is 3.23. The summed E-state index contributed by atoms with van der Waals surface area (Å²) in [5.74, 6) is 1.28. The Hall–Kier alpha value is -3.58. The van der Waals surface area contributed by atoms with Gasteiger partial charge in [-0.2, -0.15) is 0 Å². The SMILES string of the molecule is COc1cc(/C=C2\SC(=Nc3ccccc3)N([C@@H]3CCCC[C@H]3C)C2=O)ccc1OCc1ccc(F)cc1. The van der Waals surface area contributed by atoms with Crippen LogP contribution in [-0.4, -0.2) is 29.1 Å². The van der Waals surface area contributed by atoms with Crippen molar-refractivity contribution in [1.29, 1.82) is 0 Å². The summed E-state index contributed by atoms with van der Waals surface area (Å²) in [5.41, 5.74) is 2.53. The van der Waals surface area contributed by atoms with Crippen molar-refractivity contribution in [2.24, 2.45) is 10.9 Å². The minimum Gasteiger partial charge on any atom is -0.493 e. The molecule has 0 radical (unpaired) electrons. The van der Waals surface area contributed by atoms with Gasteiger partial charge < -0.3 is 9.47 Å². The number of carbonyl (C=O) groups excluding carboxylic acids is 1. The number of benzene rings is 3.